The summed E-state index contributed by atoms with van der Waals surface area (Å²) in [5, 5.41) is 6.37. The molecule has 5 heteroatoms. The molecular formula is C24H33Cl2N3. The number of benzene rings is 2. The maximum absolute atomic E-state index is 3.53. The number of hydrogen-bond donors (Lipinski definition) is 1. The van der Waals surface area contributed by atoms with Gasteiger partial charge in [-0.1, -0.05) is 37.1 Å². The lowest BCUT2D eigenvalue weighted by Crippen LogP contribution is -2.46. The third-order valence-electron chi connectivity index (χ3n) is 6.85. The van der Waals surface area contributed by atoms with Gasteiger partial charge in [-0.05, 0) is 49.4 Å². The van der Waals surface area contributed by atoms with Gasteiger partial charge in [0.2, 0.25) is 0 Å². The van der Waals surface area contributed by atoms with Crippen molar-refractivity contribution in [2.24, 2.45) is 5.92 Å². The minimum absolute atomic E-state index is 0. The first kappa shape index (κ1) is 22.4. The highest BCUT2D eigenvalue weighted by Gasteiger charge is 2.32. The second kappa shape index (κ2) is 9.70. The van der Waals surface area contributed by atoms with Crippen LogP contribution in [-0.2, 0) is 6.54 Å². The quantitative estimate of drug-likeness (QED) is 0.561. The van der Waals surface area contributed by atoms with Crippen LogP contribution < -0.4 is 5.32 Å². The molecule has 29 heavy (non-hydrogen) atoms. The Morgan fingerprint density at radius 1 is 0.931 bits per heavy atom. The highest BCUT2D eigenvalue weighted by molar-refractivity contribution is 6.08. The Labute approximate surface area is 186 Å². The number of para-hydroxylation sites is 1. The summed E-state index contributed by atoms with van der Waals surface area (Å²) in [4.78, 5) is 2.76. The van der Waals surface area contributed by atoms with E-state index < -0.39 is 0 Å². The lowest BCUT2D eigenvalue weighted by molar-refractivity contribution is 0.125. The summed E-state index contributed by atoms with van der Waals surface area (Å²) in [5.41, 5.74) is 4.29. The van der Waals surface area contributed by atoms with E-state index in [1.54, 1.807) is 0 Å². The highest BCUT2D eigenvalue weighted by atomic mass is 35.5. The van der Waals surface area contributed by atoms with Gasteiger partial charge in [0.25, 0.3) is 0 Å². The molecule has 1 aliphatic heterocycles. The molecule has 2 fully saturated rings. The fourth-order valence-electron chi connectivity index (χ4n) is 5.61. The number of fused-ring (bicyclic) bond motifs is 3. The molecule has 5 rings (SSSR count). The second-order valence-corrected chi connectivity index (χ2v) is 8.31. The fraction of sp³-hybridized carbons (Fsp3) is 0.500. The van der Waals surface area contributed by atoms with Crippen LogP contribution in [0, 0.1) is 5.92 Å². The molecule has 0 amide bonds. The number of nitrogens with zero attached hydrogens (tertiary/aromatic N) is 2. The summed E-state index contributed by atoms with van der Waals surface area (Å²) in [6.07, 6.45) is 5.60. The number of piperazine rings is 1. The van der Waals surface area contributed by atoms with Crippen molar-refractivity contribution in [2.45, 2.75) is 45.2 Å². The molecule has 0 spiro atoms. The first-order valence-electron chi connectivity index (χ1n) is 10.8. The number of nitrogens with one attached hydrogen (secondary N) is 1. The molecule has 0 bridgehead atoms. The van der Waals surface area contributed by atoms with Gasteiger partial charge in [-0.15, -0.1) is 24.8 Å². The lowest BCUT2D eigenvalue weighted by Gasteiger charge is -2.38. The zero-order chi connectivity index (χ0) is 18.2. The van der Waals surface area contributed by atoms with Crippen LogP contribution in [0.2, 0.25) is 0 Å². The molecule has 2 heterocycles. The maximum atomic E-state index is 3.53. The molecule has 158 valence electrons. The molecule has 3 aromatic rings. The van der Waals surface area contributed by atoms with Crippen LogP contribution in [0.25, 0.3) is 21.8 Å². The predicted octanol–water partition coefficient (Wildman–Crippen LogP) is 5.79. The summed E-state index contributed by atoms with van der Waals surface area (Å²) < 4.78 is 2.46. The number of aryl methyl sites for hydroxylation is 1. The van der Waals surface area contributed by atoms with E-state index in [0.717, 1.165) is 25.6 Å². The van der Waals surface area contributed by atoms with Gasteiger partial charge in [0.1, 0.15) is 0 Å². The van der Waals surface area contributed by atoms with E-state index >= 15 is 0 Å². The number of aromatic nitrogens is 1. The lowest BCUT2D eigenvalue weighted by atomic mass is 9.89. The predicted molar refractivity (Wildman–Crippen MR) is 129 cm³/mol. The summed E-state index contributed by atoms with van der Waals surface area (Å²) in [6.45, 7) is 7.88. The first-order chi connectivity index (χ1) is 13.4. The van der Waals surface area contributed by atoms with Gasteiger partial charge >= 0.3 is 0 Å². The number of rotatable bonds is 4. The molecule has 1 atom stereocenters. The average Bonchev–Trinajstić information content (AvgIpc) is 3.35. The Balaban J connectivity index is 0.00000120. The molecule has 1 saturated carbocycles. The number of hydrogen-bond acceptors (Lipinski definition) is 2. The summed E-state index contributed by atoms with van der Waals surface area (Å²) in [6, 6.07) is 16.8. The summed E-state index contributed by atoms with van der Waals surface area (Å²) >= 11 is 0. The molecule has 0 unspecified atom stereocenters. The number of halogens is 2. The molecule has 1 aromatic heterocycles. The van der Waals surface area contributed by atoms with Crippen LogP contribution in [0.1, 0.15) is 44.2 Å². The van der Waals surface area contributed by atoms with Crippen LogP contribution in [0.15, 0.2) is 42.5 Å². The Morgan fingerprint density at radius 3 is 2.34 bits per heavy atom. The van der Waals surface area contributed by atoms with E-state index in [1.165, 1.54) is 66.1 Å². The Hall–Kier alpha value is -1.26. The van der Waals surface area contributed by atoms with E-state index in [0.29, 0.717) is 6.04 Å². The Kier molecular flexibility index (Phi) is 7.50. The van der Waals surface area contributed by atoms with Crippen molar-refractivity contribution < 1.29 is 0 Å². The zero-order valence-electron chi connectivity index (χ0n) is 17.3. The van der Waals surface area contributed by atoms with Crippen molar-refractivity contribution in [2.75, 3.05) is 26.2 Å². The van der Waals surface area contributed by atoms with E-state index in [2.05, 4.69) is 64.2 Å². The minimum Gasteiger partial charge on any atom is -0.341 e. The van der Waals surface area contributed by atoms with Crippen molar-refractivity contribution in [1.82, 2.24) is 14.8 Å². The van der Waals surface area contributed by atoms with Gasteiger partial charge in [-0.2, -0.15) is 0 Å². The van der Waals surface area contributed by atoms with Gasteiger partial charge in [0.15, 0.2) is 0 Å². The normalized spacial score (nSPS) is 19.2. The Morgan fingerprint density at radius 2 is 1.62 bits per heavy atom. The maximum Gasteiger partial charge on any atom is 0.0491 e. The molecule has 1 aliphatic carbocycles. The summed E-state index contributed by atoms with van der Waals surface area (Å²) in [7, 11) is 0. The van der Waals surface area contributed by atoms with Gasteiger partial charge in [-0.3, -0.25) is 4.90 Å². The van der Waals surface area contributed by atoms with E-state index in [-0.39, 0.29) is 24.8 Å². The van der Waals surface area contributed by atoms with E-state index in [4.69, 9.17) is 0 Å². The topological polar surface area (TPSA) is 20.2 Å². The summed E-state index contributed by atoms with van der Waals surface area (Å²) in [5.74, 6) is 0.820. The van der Waals surface area contributed by atoms with Crippen molar-refractivity contribution in [3.05, 3.63) is 48.0 Å². The molecule has 3 nitrogen and oxygen atoms in total. The van der Waals surface area contributed by atoms with E-state index in [9.17, 15) is 0 Å². The smallest absolute Gasteiger partial charge is 0.0491 e. The molecule has 1 saturated heterocycles. The van der Waals surface area contributed by atoms with Crippen LogP contribution in [0.4, 0.5) is 0 Å². The second-order valence-electron chi connectivity index (χ2n) is 8.31. The third-order valence-corrected chi connectivity index (χ3v) is 6.85. The largest absolute Gasteiger partial charge is 0.341 e. The van der Waals surface area contributed by atoms with Crippen LogP contribution in [0.5, 0.6) is 0 Å². The zero-order valence-corrected chi connectivity index (χ0v) is 18.9. The van der Waals surface area contributed by atoms with Crippen molar-refractivity contribution in [1.29, 1.82) is 0 Å². The van der Waals surface area contributed by atoms with Gasteiger partial charge in [0, 0.05) is 60.6 Å². The Bertz CT molecular complexity index is 940. The van der Waals surface area contributed by atoms with Crippen LogP contribution >= 0.6 is 24.8 Å². The minimum atomic E-state index is 0. The molecule has 0 radical (unpaired) electrons. The molecule has 2 aromatic carbocycles. The third kappa shape index (κ3) is 4.03. The monoisotopic (exact) mass is 433 g/mol. The first-order valence-corrected chi connectivity index (χ1v) is 10.8. The van der Waals surface area contributed by atoms with Gasteiger partial charge < -0.3 is 9.88 Å². The van der Waals surface area contributed by atoms with Crippen molar-refractivity contribution in [3.8, 4) is 0 Å². The molecular weight excluding hydrogens is 401 g/mol. The standard InChI is InChI=1S/C24H31N3.2ClH/c1-2-27-22-10-6-5-9-20(22)21-17-19(11-12-23(21)27)24(18-7-3-4-8-18)26-15-13-25-14-16-26;;/h5-6,9-12,17-18,24-25H,2-4,7-8,13-16H2,1H3;2*1H/t24-;;/m0../s1. The highest BCUT2D eigenvalue weighted by Crippen LogP contribution is 2.41. The van der Waals surface area contributed by atoms with Crippen LogP contribution in [0.3, 0.4) is 0 Å². The van der Waals surface area contributed by atoms with E-state index in [1.807, 2.05) is 0 Å². The fourth-order valence-corrected chi connectivity index (χ4v) is 5.61. The van der Waals surface area contributed by atoms with Crippen molar-refractivity contribution >= 4 is 46.6 Å². The van der Waals surface area contributed by atoms with Gasteiger partial charge in [0.05, 0.1) is 0 Å². The molecule has 2 aliphatic rings. The average molecular weight is 434 g/mol. The molecule has 1 N–H and O–H groups in total. The SMILES string of the molecule is CCn1c2ccccc2c2cc([C@H](C3CCCC3)N3CCNCC3)ccc21.Cl.Cl. The van der Waals surface area contributed by atoms with Gasteiger partial charge in [-0.25, -0.2) is 0 Å². The van der Waals surface area contributed by atoms with Crippen molar-refractivity contribution in [3.63, 3.8) is 0 Å². The van der Waals surface area contributed by atoms with Crippen LogP contribution in [-0.4, -0.2) is 35.6 Å².